The van der Waals surface area contributed by atoms with E-state index in [1.54, 1.807) is 7.11 Å². The molecule has 0 spiro atoms. The van der Waals surface area contributed by atoms with E-state index in [0.717, 1.165) is 24.3 Å². The molecule has 0 heterocycles. The van der Waals surface area contributed by atoms with E-state index in [9.17, 15) is 4.79 Å². The van der Waals surface area contributed by atoms with E-state index in [1.807, 2.05) is 31.3 Å². The summed E-state index contributed by atoms with van der Waals surface area (Å²) in [4.78, 5) is 12.7. The van der Waals surface area contributed by atoms with E-state index in [1.165, 1.54) is 0 Å². The largest absolute Gasteiger partial charge is 0.496 e. The minimum absolute atomic E-state index is 0.456. The molecule has 0 aliphatic carbocycles. The Morgan fingerprint density at radius 2 is 2.11 bits per heavy atom. The van der Waals surface area contributed by atoms with Crippen molar-refractivity contribution in [3.05, 3.63) is 29.8 Å². The summed E-state index contributed by atoms with van der Waals surface area (Å²) >= 11 is 0. The third kappa shape index (κ3) is 5.28. The van der Waals surface area contributed by atoms with E-state index < -0.39 is 12.0 Å². The highest BCUT2D eigenvalue weighted by atomic mass is 16.5. The first-order chi connectivity index (χ1) is 9.04. The van der Waals surface area contributed by atoms with Gasteiger partial charge in [-0.2, -0.15) is 0 Å². The number of hydrogen-bond donors (Lipinski definition) is 2. The minimum atomic E-state index is -0.946. The molecule has 0 saturated carbocycles. The van der Waals surface area contributed by atoms with Crippen LogP contribution in [-0.2, 0) is 11.2 Å². The summed E-state index contributed by atoms with van der Waals surface area (Å²) in [7, 11) is 3.62. The van der Waals surface area contributed by atoms with Gasteiger partial charge in [-0.25, -0.2) is 0 Å². The molecule has 1 atom stereocenters. The zero-order valence-corrected chi connectivity index (χ0v) is 11.5. The summed E-state index contributed by atoms with van der Waals surface area (Å²) in [6.45, 7) is 1.51. The highest BCUT2D eigenvalue weighted by molar-refractivity contribution is 5.72. The van der Waals surface area contributed by atoms with Gasteiger partial charge in [0.25, 0.3) is 0 Å². The van der Waals surface area contributed by atoms with Crippen LogP contribution in [0.25, 0.3) is 0 Å². The lowest BCUT2D eigenvalue weighted by molar-refractivity contribution is -0.138. The lowest BCUT2D eigenvalue weighted by Gasteiger charge is -2.18. The van der Waals surface area contributed by atoms with Crippen LogP contribution >= 0.6 is 0 Å². The van der Waals surface area contributed by atoms with Crippen LogP contribution in [-0.4, -0.2) is 49.3 Å². The first-order valence-electron chi connectivity index (χ1n) is 6.33. The Labute approximate surface area is 114 Å². The van der Waals surface area contributed by atoms with Crippen LogP contribution in [0.4, 0.5) is 0 Å². The number of rotatable bonds is 8. The summed E-state index contributed by atoms with van der Waals surface area (Å²) in [5.41, 5.74) is 6.62. The number of carboxylic acid groups (broad SMARTS) is 1. The molecule has 0 aliphatic heterocycles. The molecule has 5 heteroatoms. The van der Waals surface area contributed by atoms with Crippen LogP contribution in [0.1, 0.15) is 12.0 Å². The molecular weight excluding hydrogens is 244 g/mol. The number of carboxylic acids is 1. The molecule has 0 bridgehead atoms. The molecule has 106 valence electrons. The van der Waals surface area contributed by atoms with Gasteiger partial charge in [0.1, 0.15) is 11.8 Å². The van der Waals surface area contributed by atoms with Crippen molar-refractivity contribution in [1.82, 2.24) is 4.90 Å². The molecule has 1 unspecified atom stereocenters. The van der Waals surface area contributed by atoms with E-state index in [2.05, 4.69) is 4.90 Å². The van der Waals surface area contributed by atoms with E-state index >= 15 is 0 Å². The smallest absolute Gasteiger partial charge is 0.320 e. The van der Waals surface area contributed by atoms with Crippen LogP contribution < -0.4 is 10.5 Å². The van der Waals surface area contributed by atoms with Gasteiger partial charge < -0.3 is 20.5 Å². The zero-order chi connectivity index (χ0) is 14.3. The number of nitrogens with zero attached hydrogens (tertiary/aromatic N) is 1. The number of para-hydroxylation sites is 1. The van der Waals surface area contributed by atoms with Crippen molar-refractivity contribution in [2.45, 2.75) is 18.9 Å². The third-order valence-corrected chi connectivity index (χ3v) is 3.09. The van der Waals surface area contributed by atoms with Crippen molar-refractivity contribution in [2.24, 2.45) is 5.73 Å². The Kier molecular flexibility index (Phi) is 6.32. The minimum Gasteiger partial charge on any atom is -0.496 e. The summed E-state index contributed by atoms with van der Waals surface area (Å²) in [5, 5.41) is 8.71. The fraction of sp³-hybridized carbons (Fsp3) is 0.500. The molecule has 19 heavy (non-hydrogen) atoms. The number of benzene rings is 1. The lowest BCUT2D eigenvalue weighted by Crippen LogP contribution is -2.34. The number of nitrogens with two attached hydrogens (primary N) is 1. The zero-order valence-electron chi connectivity index (χ0n) is 11.5. The molecule has 1 aromatic carbocycles. The van der Waals surface area contributed by atoms with Gasteiger partial charge in [-0.3, -0.25) is 4.79 Å². The topological polar surface area (TPSA) is 75.8 Å². The van der Waals surface area contributed by atoms with Crippen molar-refractivity contribution in [3.63, 3.8) is 0 Å². The van der Waals surface area contributed by atoms with Gasteiger partial charge >= 0.3 is 5.97 Å². The van der Waals surface area contributed by atoms with Crippen LogP contribution in [0, 0.1) is 0 Å². The van der Waals surface area contributed by atoms with Crippen LogP contribution in [0.2, 0.25) is 0 Å². The van der Waals surface area contributed by atoms with Gasteiger partial charge in [0.15, 0.2) is 0 Å². The fourth-order valence-electron chi connectivity index (χ4n) is 1.82. The standard InChI is InChI=1S/C14H22N2O3/c1-16(10-8-12(15)14(17)18)9-7-11-5-3-4-6-13(11)19-2/h3-6,12H,7-10,15H2,1-2H3,(H,17,18). The van der Waals surface area contributed by atoms with Gasteiger partial charge in [0.2, 0.25) is 0 Å². The number of carbonyl (C=O) groups is 1. The molecular formula is C14H22N2O3. The lowest BCUT2D eigenvalue weighted by atomic mass is 10.1. The summed E-state index contributed by atoms with van der Waals surface area (Å²) in [6.07, 6.45) is 1.32. The average Bonchev–Trinajstić information content (AvgIpc) is 2.42. The average molecular weight is 266 g/mol. The van der Waals surface area contributed by atoms with E-state index in [4.69, 9.17) is 15.6 Å². The first-order valence-corrected chi connectivity index (χ1v) is 6.33. The molecule has 0 aromatic heterocycles. The van der Waals surface area contributed by atoms with Crippen molar-refractivity contribution in [2.75, 3.05) is 27.2 Å². The number of aliphatic carboxylic acids is 1. The van der Waals surface area contributed by atoms with Gasteiger partial charge in [-0.05, 0) is 38.1 Å². The summed E-state index contributed by atoms with van der Waals surface area (Å²) < 4.78 is 5.29. The van der Waals surface area contributed by atoms with Crippen molar-refractivity contribution < 1.29 is 14.6 Å². The molecule has 5 nitrogen and oxygen atoms in total. The highest BCUT2D eigenvalue weighted by Gasteiger charge is 2.12. The molecule has 3 N–H and O–H groups in total. The van der Waals surface area contributed by atoms with Crippen LogP contribution in [0.5, 0.6) is 5.75 Å². The molecule has 1 aromatic rings. The Balaban J connectivity index is 2.37. The third-order valence-electron chi connectivity index (χ3n) is 3.09. The normalized spacial score (nSPS) is 12.4. The second kappa shape index (κ2) is 7.76. The number of likely N-dealkylation sites (N-methyl/N-ethyl adjacent to an activating group) is 1. The monoisotopic (exact) mass is 266 g/mol. The molecule has 1 rings (SSSR count). The Hall–Kier alpha value is -1.59. The summed E-state index contributed by atoms with van der Waals surface area (Å²) in [5.74, 6) is -0.0590. The van der Waals surface area contributed by atoms with Crippen LogP contribution in [0.15, 0.2) is 24.3 Å². The SMILES string of the molecule is COc1ccccc1CCN(C)CCC(N)C(=O)O. The number of methoxy groups -OCH3 is 1. The van der Waals surface area contributed by atoms with Gasteiger partial charge in [-0.15, -0.1) is 0 Å². The highest BCUT2D eigenvalue weighted by Crippen LogP contribution is 2.17. The maximum atomic E-state index is 10.6. The second-order valence-electron chi connectivity index (χ2n) is 4.60. The number of hydrogen-bond acceptors (Lipinski definition) is 4. The Morgan fingerprint density at radius 3 is 2.74 bits per heavy atom. The van der Waals surface area contributed by atoms with Crippen molar-refractivity contribution >= 4 is 5.97 Å². The molecule has 0 saturated heterocycles. The van der Waals surface area contributed by atoms with Gasteiger partial charge in [0.05, 0.1) is 7.11 Å². The predicted molar refractivity (Wildman–Crippen MR) is 74.4 cm³/mol. The molecule has 0 aliphatic rings. The maximum Gasteiger partial charge on any atom is 0.320 e. The maximum absolute atomic E-state index is 10.6. The predicted octanol–water partition coefficient (Wildman–Crippen LogP) is 0.972. The molecule has 0 radical (unpaired) electrons. The molecule has 0 amide bonds. The fourth-order valence-corrected chi connectivity index (χ4v) is 1.82. The summed E-state index contributed by atoms with van der Waals surface area (Å²) in [6, 6.07) is 7.12. The Bertz CT molecular complexity index is 409. The quantitative estimate of drug-likeness (QED) is 0.733. The number of ether oxygens (including phenoxy) is 1. The van der Waals surface area contributed by atoms with E-state index in [-0.39, 0.29) is 0 Å². The second-order valence-corrected chi connectivity index (χ2v) is 4.60. The Morgan fingerprint density at radius 1 is 1.42 bits per heavy atom. The van der Waals surface area contributed by atoms with Gasteiger partial charge in [0, 0.05) is 6.54 Å². The molecule has 0 fully saturated rings. The van der Waals surface area contributed by atoms with Crippen molar-refractivity contribution in [3.8, 4) is 5.75 Å². The first kappa shape index (κ1) is 15.5. The van der Waals surface area contributed by atoms with Crippen molar-refractivity contribution in [1.29, 1.82) is 0 Å². The van der Waals surface area contributed by atoms with Gasteiger partial charge in [-0.1, -0.05) is 18.2 Å². The van der Waals surface area contributed by atoms with E-state index in [0.29, 0.717) is 13.0 Å². The van der Waals surface area contributed by atoms with Crippen LogP contribution in [0.3, 0.4) is 0 Å².